The number of nitrogens with zero attached hydrogens (tertiary/aromatic N) is 1. The molecule has 2 unspecified atom stereocenters. The van der Waals surface area contributed by atoms with Gasteiger partial charge in [-0.2, -0.15) is 0 Å². The number of hydrogen-bond acceptors (Lipinski definition) is 6. The first kappa shape index (κ1) is 26.2. The SMILES string of the molecule is CCOC(CNC(=O)C(CN(C)C)NC(=O)OCC1c2ccccc2-c2ccccc21)CC(=O)O. The van der Waals surface area contributed by atoms with Gasteiger partial charge in [0.2, 0.25) is 5.91 Å². The Labute approximate surface area is 205 Å². The highest BCUT2D eigenvalue weighted by Crippen LogP contribution is 2.44. The van der Waals surface area contributed by atoms with E-state index in [0.717, 1.165) is 22.3 Å². The molecule has 188 valence electrons. The van der Waals surface area contributed by atoms with Gasteiger partial charge in [-0.1, -0.05) is 48.5 Å². The van der Waals surface area contributed by atoms with E-state index < -0.39 is 30.1 Å². The van der Waals surface area contributed by atoms with Crippen LogP contribution in [0, 0.1) is 0 Å². The lowest BCUT2D eigenvalue weighted by Gasteiger charge is -2.23. The van der Waals surface area contributed by atoms with Crippen molar-refractivity contribution in [1.82, 2.24) is 15.5 Å². The Kier molecular flexibility index (Phi) is 9.22. The molecule has 2 amide bonds. The summed E-state index contributed by atoms with van der Waals surface area (Å²) in [6, 6.07) is 15.2. The van der Waals surface area contributed by atoms with Crippen molar-refractivity contribution in [2.75, 3.05) is 40.4 Å². The first-order valence-electron chi connectivity index (χ1n) is 11.7. The van der Waals surface area contributed by atoms with Crippen molar-refractivity contribution in [3.8, 4) is 11.1 Å². The molecule has 0 saturated heterocycles. The zero-order chi connectivity index (χ0) is 25.4. The lowest BCUT2D eigenvalue weighted by atomic mass is 9.98. The fourth-order valence-electron chi connectivity index (χ4n) is 4.30. The van der Waals surface area contributed by atoms with Crippen molar-refractivity contribution in [3.63, 3.8) is 0 Å². The van der Waals surface area contributed by atoms with Gasteiger partial charge in [0.05, 0.1) is 12.5 Å². The van der Waals surface area contributed by atoms with E-state index in [0.29, 0.717) is 6.61 Å². The zero-order valence-electron chi connectivity index (χ0n) is 20.3. The van der Waals surface area contributed by atoms with Crippen molar-refractivity contribution in [1.29, 1.82) is 0 Å². The molecule has 3 N–H and O–H groups in total. The molecule has 1 aliphatic carbocycles. The number of hydrogen-bond donors (Lipinski definition) is 3. The maximum atomic E-state index is 12.8. The molecular weight excluding hydrogens is 450 g/mol. The summed E-state index contributed by atoms with van der Waals surface area (Å²) in [5.74, 6) is -1.54. The maximum Gasteiger partial charge on any atom is 0.407 e. The molecule has 0 heterocycles. The molecular formula is C26H33N3O6. The highest BCUT2D eigenvalue weighted by Gasteiger charge is 2.30. The Balaban J connectivity index is 1.61. The van der Waals surface area contributed by atoms with Gasteiger partial charge in [-0.05, 0) is 43.3 Å². The highest BCUT2D eigenvalue weighted by atomic mass is 16.5. The van der Waals surface area contributed by atoms with Crippen LogP contribution >= 0.6 is 0 Å². The lowest BCUT2D eigenvalue weighted by molar-refractivity contribution is -0.140. The van der Waals surface area contributed by atoms with Crippen LogP contribution < -0.4 is 10.6 Å². The van der Waals surface area contributed by atoms with E-state index in [4.69, 9.17) is 14.6 Å². The summed E-state index contributed by atoms with van der Waals surface area (Å²) >= 11 is 0. The predicted molar refractivity (Wildman–Crippen MR) is 131 cm³/mol. The van der Waals surface area contributed by atoms with Crippen LogP contribution in [-0.4, -0.2) is 80.5 Å². The standard InChI is InChI=1S/C26H33N3O6/c1-4-34-17(13-24(30)31)14-27-25(32)23(15-29(2)3)28-26(33)35-16-22-20-11-7-5-9-18(20)19-10-6-8-12-21(19)22/h5-12,17,22-23H,4,13-16H2,1-3H3,(H,27,32)(H,28,33)(H,30,31). The third kappa shape index (κ3) is 7.03. The van der Waals surface area contributed by atoms with Crippen LogP contribution in [0.15, 0.2) is 48.5 Å². The molecule has 2 aromatic rings. The topological polar surface area (TPSA) is 117 Å². The number of ether oxygens (including phenoxy) is 2. The summed E-state index contributed by atoms with van der Waals surface area (Å²) in [6.45, 7) is 2.49. The first-order chi connectivity index (χ1) is 16.8. The zero-order valence-corrected chi connectivity index (χ0v) is 20.3. The number of alkyl carbamates (subject to hydrolysis) is 1. The molecule has 3 rings (SSSR count). The van der Waals surface area contributed by atoms with Gasteiger partial charge in [0.15, 0.2) is 0 Å². The van der Waals surface area contributed by atoms with Crippen molar-refractivity contribution < 1.29 is 29.0 Å². The van der Waals surface area contributed by atoms with Gasteiger partial charge in [0.1, 0.15) is 12.6 Å². The monoisotopic (exact) mass is 483 g/mol. The van der Waals surface area contributed by atoms with E-state index in [1.807, 2.05) is 36.4 Å². The van der Waals surface area contributed by atoms with E-state index in [2.05, 4.69) is 22.8 Å². The fourth-order valence-corrected chi connectivity index (χ4v) is 4.30. The number of carbonyl (C=O) groups excluding carboxylic acids is 2. The Hall–Kier alpha value is -3.43. The van der Waals surface area contributed by atoms with Gasteiger partial charge in [0, 0.05) is 25.6 Å². The summed E-state index contributed by atoms with van der Waals surface area (Å²) in [4.78, 5) is 38.2. The Bertz CT molecular complexity index is 996. The van der Waals surface area contributed by atoms with Crippen molar-refractivity contribution in [2.24, 2.45) is 0 Å². The summed E-state index contributed by atoms with van der Waals surface area (Å²) in [5, 5.41) is 14.3. The summed E-state index contributed by atoms with van der Waals surface area (Å²) in [6.07, 6.45) is -1.58. The molecule has 2 atom stereocenters. The van der Waals surface area contributed by atoms with Crippen LogP contribution in [0.2, 0.25) is 0 Å². The third-order valence-corrected chi connectivity index (χ3v) is 5.81. The van der Waals surface area contributed by atoms with E-state index >= 15 is 0 Å². The Morgan fingerprint density at radius 3 is 2.17 bits per heavy atom. The molecule has 0 aliphatic heterocycles. The van der Waals surface area contributed by atoms with Crippen molar-refractivity contribution >= 4 is 18.0 Å². The van der Waals surface area contributed by atoms with Crippen molar-refractivity contribution in [3.05, 3.63) is 59.7 Å². The van der Waals surface area contributed by atoms with Crippen LogP contribution in [0.1, 0.15) is 30.4 Å². The van der Waals surface area contributed by atoms with E-state index in [-0.39, 0.29) is 32.0 Å². The Morgan fingerprint density at radius 2 is 1.63 bits per heavy atom. The van der Waals surface area contributed by atoms with E-state index in [9.17, 15) is 14.4 Å². The van der Waals surface area contributed by atoms with Gasteiger partial charge in [-0.3, -0.25) is 9.59 Å². The molecule has 0 radical (unpaired) electrons. The molecule has 9 heteroatoms. The highest BCUT2D eigenvalue weighted by molar-refractivity contribution is 5.86. The second-order valence-corrected chi connectivity index (χ2v) is 8.71. The number of carboxylic acid groups (broad SMARTS) is 1. The van der Waals surface area contributed by atoms with Crippen LogP contribution in [0.4, 0.5) is 4.79 Å². The number of carbonyl (C=O) groups is 3. The summed E-state index contributed by atoms with van der Waals surface area (Å²) in [7, 11) is 3.57. The minimum absolute atomic E-state index is 0.0231. The number of nitrogens with one attached hydrogen (secondary N) is 2. The van der Waals surface area contributed by atoms with Gasteiger partial charge in [-0.15, -0.1) is 0 Å². The second kappa shape index (κ2) is 12.3. The molecule has 9 nitrogen and oxygen atoms in total. The number of amides is 2. The number of likely N-dealkylation sites (N-methyl/N-ethyl adjacent to an activating group) is 1. The average molecular weight is 484 g/mol. The normalized spacial score (nSPS) is 14.1. The average Bonchev–Trinajstić information content (AvgIpc) is 3.14. The van der Waals surface area contributed by atoms with Crippen LogP contribution in [-0.2, 0) is 19.1 Å². The lowest BCUT2D eigenvalue weighted by Crippen LogP contribution is -2.53. The van der Waals surface area contributed by atoms with Crippen molar-refractivity contribution in [2.45, 2.75) is 31.4 Å². The molecule has 1 aliphatic rings. The molecule has 0 saturated carbocycles. The Morgan fingerprint density at radius 1 is 1.03 bits per heavy atom. The van der Waals surface area contributed by atoms with Gasteiger partial charge < -0.3 is 30.1 Å². The van der Waals surface area contributed by atoms with E-state index in [1.54, 1.807) is 25.9 Å². The van der Waals surface area contributed by atoms with Gasteiger partial charge in [0.25, 0.3) is 0 Å². The number of carboxylic acids is 1. The van der Waals surface area contributed by atoms with E-state index in [1.165, 1.54) is 0 Å². The van der Waals surface area contributed by atoms with Crippen LogP contribution in [0.3, 0.4) is 0 Å². The van der Waals surface area contributed by atoms with Crippen LogP contribution in [0.5, 0.6) is 0 Å². The third-order valence-electron chi connectivity index (χ3n) is 5.81. The quantitative estimate of drug-likeness (QED) is 0.425. The number of rotatable bonds is 12. The van der Waals surface area contributed by atoms with Gasteiger partial charge in [-0.25, -0.2) is 4.79 Å². The van der Waals surface area contributed by atoms with Crippen LogP contribution in [0.25, 0.3) is 11.1 Å². The molecule has 0 bridgehead atoms. The molecule has 0 fully saturated rings. The fraction of sp³-hybridized carbons (Fsp3) is 0.423. The molecule has 0 spiro atoms. The summed E-state index contributed by atoms with van der Waals surface area (Å²) in [5.41, 5.74) is 4.47. The number of aliphatic carboxylic acids is 1. The summed E-state index contributed by atoms with van der Waals surface area (Å²) < 4.78 is 10.9. The largest absolute Gasteiger partial charge is 0.481 e. The molecule has 2 aromatic carbocycles. The first-order valence-corrected chi connectivity index (χ1v) is 11.7. The molecule has 0 aromatic heterocycles. The molecule has 35 heavy (non-hydrogen) atoms. The minimum Gasteiger partial charge on any atom is -0.481 e. The number of benzene rings is 2. The smallest absolute Gasteiger partial charge is 0.407 e. The maximum absolute atomic E-state index is 12.8. The number of fused-ring (bicyclic) bond motifs is 3. The predicted octanol–water partition coefficient (Wildman–Crippen LogP) is 2.45. The van der Waals surface area contributed by atoms with Gasteiger partial charge >= 0.3 is 12.1 Å². The second-order valence-electron chi connectivity index (χ2n) is 8.71. The minimum atomic E-state index is -1.01.